The number of rotatable bonds is 8. The highest BCUT2D eigenvalue weighted by molar-refractivity contribution is 9.10. The number of amides is 2. The second-order valence-electron chi connectivity index (χ2n) is 7.17. The summed E-state index contributed by atoms with van der Waals surface area (Å²) in [7, 11) is 0. The Morgan fingerprint density at radius 2 is 1.85 bits per heavy atom. The zero-order valence-electron chi connectivity index (χ0n) is 18.3. The Labute approximate surface area is 210 Å². The van der Waals surface area contributed by atoms with E-state index < -0.39 is 12.2 Å². The highest BCUT2D eigenvalue weighted by Gasteiger charge is 2.20. The van der Waals surface area contributed by atoms with Crippen molar-refractivity contribution in [1.82, 2.24) is 0 Å². The number of nitrogens with two attached hydrogens (primary N) is 1. The number of hydrogen-bond acceptors (Lipinski definition) is 6. The van der Waals surface area contributed by atoms with E-state index in [0.717, 1.165) is 4.90 Å². The van der Waals surface area contributed by atoms with Crippen LogP contribution in [0.15, 0.2) is 88.3 Å². The van der Waals surface area contributed by atoms with Crippen molar-refractivity contribution in [1.29, 1.82) is 0 Å². The maximum absolute atomic E-state index is 12.6. The fourth-order valence-corrected chi connectivity index (χ4v) is 3.84. The molecule has 0 aliphatic rings. The van der Waals surface area contributed by atoms with Crippen molar-refractivity contribution in [3.05, 3.63) is 88.9 Å². The van der Waals surface area contributed by atoms with Crippen LogP contribution in [0.25, 0.3) is 0 Å². The Morgan fingerprint density at radius 3 is 2.56 bits per heavy atom. The first-order valence-corrected chi connectivity index (χ1v) is 12.3. The third kappa shape index (κ3) is 7.29. The quantitative estimate of drug-likeness (QED) is 0.150. The lowest BCUT2D eigenvalue weighted by atomic mass is 10.0. The highest BCUT2D eigenvalue weighted by atomic mass is 79.9. The number of para-hydroxylation sites is 2. The third-order valence-corrected chi connectivity index (χ3v) is 6.00. The predicted octanol–water partition coefficient (Wildman–Crippen LogP) is 6.33. The number of hydrogen-bond donors (Lipinski definition) is 4. The van der Waals surface area contributed by atoms with Crippen LogP contribution in [-0.4, -0.2) is 23.4 Å². The second kappa shape index (κ2) is 12.2. The predicted molar refractivity (Wildman–Crippen MR) is 140 cm³/mol. The summed E-state index contributed by atoms with van der Waals surface area (Å²) < 4.78 is 6.32. The molecule has 3 rings (SSSR count). The molecule has 34 heavy (non-hydrogen) atoms. The van der Waals surface area contributed by atoms with Crippen molar-refractivity contribution < 1.29 is 19.4 Å². The van der Waals surface area contributed by atoms with Crippen LogP contribution in [-0.2, 0) is 9.53 Å². The highest BCUT2D eigenvalue weighted by Crippen LogP contribution is 2.32. The van der Waals surface area contributed by atoms with Gasteiger partial charge < -0.3 is 20.9 Å². The number of phenols is 1. The van der Waals surface area contributed by atoms with Gasteiger partial charge >= 0.3 is 6.09 Å². The Kier molecular flexibility index (Phi) is 9.00. The molecule has 9 heteroatoms. The first-order chi connectivity index (χ1) is 16.4. The van der Waals surface area contributed by atoms with E-state index in [2.05, 4.69) is 26.6 Å². The van der Waals surface area contributed by atoms with Crippen LogP contribution >= 0.6 is 27.7 Å². The average Bonchev–Trinajstić information content (AvgIpc) is 2.82. The van der Waals surface area contributed by atoms with E-state index in [1.807, 2.05) is 18.4 Å². The van der Waals surface area contributed by atoms with Gasteiger partial charge in [0.15, 0.2) is 0 Å². The Balaban J connectivity index is 1.71. The SMILES string of the molecule is CSc1ccc(NC(=O)O[C@H](C/C=C/C(=O)Nc2ccccc2N)c2cc(Br)ccc2O)cc1. The molecule has 7 nitrogen and oxygen atoms in total. The van der Waals surface area contributed by atoms with Gasteiger partial charge in [-0.25, -0.2) is 4.79 Å². The lowest BCUT2D eigenvalue weighted by molar-refractivity contribution is -0.111. The summed E-state index contributed by atoms with van der Waals surface area (Å²) in [5.74, 6) is -0.409. The summed E-state index contributed by atoms with van der Waals surface area (Å²) in [5.41, 5.74) is 7.78. The number of carbonyl (C=O) groups is 2. The fraction of sp³-hybridized carbons (Fsp3) is 0.120. The minimum Gasteiger partial charge on any atom is -0.508 e. The first-order valence-electron chi connectivity index (χ1n) is 10.3. The standard InChI is InChI=1S/C25H24BrN3O4S/c1-34-18-12-10-17(11-13-18)28-25(32)33-23(19-15-16(26)9-14-22(19)30)7-4-8-24(31)29-21-6-3-2-5-20(21)27/h2-6,8-15,23,30H,7,27H2,1H3,(H,28,32)(H,29,31)/b8-4+/t23-/m1/s1. The number of halogens is 1. The van der Waals surface area contributed by atoms with Crippen molar-refractivity contribution in [3.8, 4) is 5.75 Å². The Morgan fingerprint density at radius 1 is 1.12 bits per heavy atom. The van der Waals surface area contributed by atoms with E-state index >= 15 is 0 Å². The number of anilines is 3. The molecule has 1 atom stereocenters. The van der Waals surface area contributed by atoms with E-state index in [1.165, 1.54) is 12.1 Å². The molecule has 0 aromatic heterocycles. The lowest BCUT2D eigenvalue weighted by Crippen LogP contribution is -2.17. The largest absolute Gasteiger partial charge is 0.508 e. The van der Waals surface area contributed by atoms with Gasteiger partial charge in [0.25, 0.3) is 0 Å². The maximum atomic E-state index is 12.6. The van der Waals surface area contributed by atoms with E-state index in [4.69, 9.17) is 10.5 Å². The zero-order valence-corrected chi connectivity index (χ0v) is 20.7. The molecule has 0 saturated carbocycles. The number of nitrogen functional groups attached to an aromatic ring is 1. The van der Waals surface area contributed by atoms with Crippen molar-refractivity contribution in [2.24, 2.45) is 0 Å². The van der Waals surface area contributed by atoms with Gasteiger partial charge in [0.2, 0.25) is 5.91 Å². The zero-order chi connectivity index (χ0) is 24.5. The molecule has 176 valence electrons. The normalized spacial score (nSPS) is 11.7. The molecule has 5 N–H and O–H groups in total. The van der Waals surface area contributed by atoms with Crippen LogP contribution in [0.3, 0.4) is 0 Å². The molecular formula is C25H24BrN3O4S. The number of carbonyl (C=O) groups excluding carboxylic acids is 2. The third-order valence-electron chi connectivity index (χ3n) is 4.76. The summed E-state index contributed by atoms with van der Waals surface area (Å²) in [6.07, 6.45) is 3.50. The van der Waals surface area contributed by atoms with E-state index in [-0.39, 0.29) is 18.1 Å². The van der Waals surface area contributed by atoms with Gasteiger partial charge in [0.05, 0.1) is 11.4 Å². The Bertz CT molecular complexity index is 1190. The van der Waals surface area contributed by atoms with Gasteiger partial charge in [-0.15, -0.1) is 11.8 Å². The van der Waals surface area contributed by atoms with E-state index in [9.17, 15) is 14.7 Å². The number of nitrogens with one attached hydrogen (secondary N) is 2. The molecule has 3 aromatic carbocycles. The van der Waals surface area contributed by atoms with Crippen LogP contribution in [0, 0.1) is 0 Å². The Hall–Kier alpha value is -3.43. The lowest BCUT2D eigenvalue weighted by Gasteiger charge is -2.19. The fourth-order valence-electron chi connectivity index (χ4n) is 3.06. The molecule has 0 fully saturated rings. The van der Waals surface area contributed by atoms with Crippen molar-refractivity contribution in [3.63, 3.8) is 0 Å². The molecule has 0 saturated heterocycles. The average molecular weight is 542 g/mol. The number of thioether (sulfide) groups is 1. The van der Waals surface area contributed by atoms with Crippen molar-refractivity contribution >= 4 is 56.8 Å². The van der Waals surface area contributed by atoms with Gasteiger partial charge in [0, 0.05) is 27.0 Å². The van der Waals surface area contributed by atoms with Crippen LogP contribution in [0.2, 0.25) is 0 Å². The molecule has 0 spiro atoms. The number of ether oxygens (including phenoxy) is 1. The number of benzene rings is 3. The van der Waals surface area contributed by atoms with E-state index in [1.54, 1.807) is 66.4 Å². The topological polar surface area (TPSA) is 114 Å². The summed E-state index contributed by atoms with van der Waals surface area (Å²) in [4.78, 5) is 25.9. The smallest absolute Gasteiger partial charge is 0.412 e. The summed E-state index contributed by atoms with van der Waals surface area (Å²) in [6.45, 7) is 0. The molecular weight excluding hydrogens is 518 g/mol. The maximum Gasteiger partial charge on any atom is 0.412 e. The minimum atomic E-state index is -0.839. The molecule has 0 radical (unpaired) electrons. The van der Waals surface area contributed by atoms with E-state index in [0.29, 0.717) is 27.1 Å². The van der Waals surface area contributed by atoms with Crippen LogP contribution < -0.4 is 16.4 Å². The molecule has 0 heterocycles. The minimum absolute atomic E-state index is 0.0276. The van der Waals surface area contributed by atoms with Crippen LogP contribution in [0.1, 0.15) is 18.1 Å². The first kappa shape index (κ1) is 25.2. The van der Waals surface area contributed by atoms with Crippen LogP contribution in [0.5, 0.6) is 5.75 Å². The van der Waals surface area contributed by atoms with Gasteiger partial charge in [-0.2, -0.15) is 0 Å². The molecule has 0 unspecified atom stereocenters. The van der Waals surface area contributed by atoms with Crippen molar-refractivity contribution in [2.45, 2.75) is 17.4 Å². The van der Waals surface area contributed by atoms with Gasteiger partial charge in [-0.05, 0) is 66.9 Å². The number of phenolic OH excluding ortho intramolecular Hbond substituents is 1. The number of aromatic hydroxyl groups is 1. The molecule has 0 aliphatic heterocycles. The molecule has 0 aliphatic carbocycles. The second-order valence-corrected chi connectivity index (χ2v) is 8.96. The summed E-state index contributed by atoms with van der Waals surface area (Å²) >= 11 is 4.97. The van der Waals surface area contributed by atoms with Gasteiger partial charge in [-0.3, -0.25) is 10.1 Å². The van der Waals surface area contributed by atoms with Crippen molar-refractivity contribution in [2.75, 3.05) is 22.6 Å². The summed E-state index contributed by atoms with van der Waals surface area (Å²) in [6, 6.07) is 19.1. The van der Waals surface area contributed by atoms with Crippen LogP contribution in [0.4, 0.5) is 21.9 Å². The molecule has 3 aromatic rings. The molecule has 2 amide bonds. The molecule has 0 bridgehead atoms. The van der Waals surface area contributed by atoms with Gasteiger partial charge in [0.1, 0.15) is 11.9 Å². The monoisotopic (exact) mass is 541 g/mol. The summed E-state index contributed by atoms with van der Waals surface area (Å²) in [5, 5.41) is 15.7. The van der Waals surface area contributed by atoms with Gasteiger partial charge in [-0.1, -0.05) is 34.1 Å².